The average Bonchev–Trinajstić information content (AvgIpc) is 3.24. The van der Waals surface area contributed by atoms with Crippen LogP contribution in [0, 0.1) is 5.82 Å². The lowest BCUT2D eigenvalue weighted by atomic mass is 10.1. The Morgan fingerprint density at radius 1 is 1.14 bits per heavy atom. The summed E-state index contributed by atoms with van der Waals surface area (Å²) in [5.41, 5.74) is -1.39. The summed E-state index contributed by atoms with van der Waals surface area (Å²) in [6.07, 6.45) is -0.692. The third kappa shape index (κ3) is 4.94. The first-order valence-electron chi connectivity index (χ1n) is 11.6. The highest BCUT2D eigenvalue weighted by molar-refractivity contribution is 7.88. The van der Waals surface area contributed by atoms with E-state index in [1.807, 2.05) is 4.90 Å². The monoisotopic (exact) mass is 544 g/mol. The molecule has 1 aromatic carbocycles. The molecule has 3 aromatic rings. The minimum absolute atomic E-state index is 0.00841. The zero-order valence-corrected chi connectivity index (χ0v) is 20.6. The van der Waals surface area contributed by atoms with Crippen molar-refractivity contribution in [3.8, 4) is 17.0 Å². The van der Waals surface area contributed by atoms with Gasteiger partial charge in [-0.2, -0.15) is 22.6 Å². The van der Waals surface area contributed by atoms with Crippen molar-refractivity contribution in [3.05, 3.63) is 29.7 Å². The van der Waals surface area contributed by atoms with Gasteiger partial charge in [-0.1, -0.05) is 0 Å². The smallest absolute Gasteiger partial charge is 0.419 e. The zero-order chi connectivity index (χ0) is 26.5. The van der Waals surface area contributed by atoms with E-state index in [1.165, 1.54) is 15.2 Å². The number of fused-ring (bicyclic) bond motifs is 1. The zero-order valence-electron chi connectivity index (χ0n) is 19.7. The second-order valence-electron chi connectivity index (χ2n) is 9.02. The Kier molecular flexibility index (Phi) is 6.48. The molecule has 1 N–H and O–H groups in total. The summed E-state index contributed by atoms with van der Waals surface area (Å²) in [5, 5.41) is 14.4. The van der Waals surface area contributed by atoms with Crippen molar-refractivity contribution in [1.29, 1.82) is 0 Å². The van der Waals surface area contributed by atoms with Crippen LogP contribution in [0.15, 0.2) is 18.3 Å². The van der Waals surface area contributed by atoms with Crippen LogP contribution in [0.4, 0.5) is 23.4 Å². The van der Waals surface area contributed by atoms with Crippen LogP contribution in [-0.4, -0.2) is 76.6 Å². The Bertz CT molecular complexity index is 1430. The van der Waals surface area contributed by atoms with Gasteiger partial charge in [-0.25, -0.2) is 27.5 Å². The second kappa shape index (κ2) is 9.36. The number of hydrogen-bond acceptors (Lipinski definition) is 8. The number of ether oxygens (including phenoxy) is 1. The first-order valence-corrected chi connectivity index (χ1v) is 13.5. The maximum atomic E-state index is 14.1. The summed E-state index contributed by atoms with van der Waals surface area (Å²) >= 11 is 0. The van der Waals surface area contributed by atoms with Gasteiger partial charge in [-0.05, 0) is 31.4 Å². The summed E-state index contributed by atoms with van der Waals surface area (Å²) in [5.74, 6) is -2.48. The number of alkyl halides is 3. The standard InChI is InChI=1S/C22H24F4N6O4S/c1-37(34,35)31-7-5-30(6-8-31)16-12-27-20-19(13-10-14(22(24,25)26)18(23)15(33)11-13)29-32(21(20)28-16)17-4-2-3-9-36-17/h10-12,17,33H,2-9H2,1H3. The Hall–Kier alpha value is -3.04. The molecule has 2 aromatic heterocycles. The normalized spacial score (nSPS) is 20.0. The Labute approximate surface area is 209 Å². The fraction of sp³-hybridized carbons (Fsp3) is 0.500. The minimum Gasteiger partial charge on any atom is -0.505 e. The van der Waals surface area contributed by atoms with Gasteiger partial charge >= 0.3 is 6.18 Å². The van der Waals surface area contributed by atoms with Crippen molar-refractivity contribution >= 4 is 27.0 Å². The molecule has 0 bridgehead atoms. The first kappa shape index (κ1) is 25.6. The molecule has 15 heteroatoms. The summed E-state index contributed by atoms with van der Waals surface area (Å²) in [6.45, 7) is 1.75. The van der Waals surface area contributed by atoms with Crippen LogP contribution < -0.4 is 4.90 Å². The van der Waals surface area contributed by atoms with Crippen molar-refractivity contribution in [3.63, 3.8) is 0 Å². The fourth-order valence-corrected chi connectivity index (χ4v) is 5.39. The molecule has 0 spiro atoms. The molecule has 0 saturated carbocycles. The van der Waals surface area contributed by atoms with Gasteiger partial charge in [-0.15, -0.1) is 0 Å². The Balaban J connectivity index is 1.59. The van der Waals surface area contributed by atoms with Crippen molar-refractivity contribution in [2.24, 2.45) is 0 Å². The lowest BCUT2D eigenvalue weighted by Crippen LogP contribution is -2.48. The lowest BCUT2D eigenvalue weighted by Gasteiger charge is -2.33. The lowest BCUT2D eigenvalue weighted by molar-refractivity contribution is -0.140. The molecule has 2 aliphatic heterocycles. The molecule has 0 radical (unpaired) electrons. The number of anilines is 1. The van der Waals surface area contributed by atoms with E-state index in [0.717, 1.165) is 25.2 Å². The van der Waals surface area contributed by atoms with Gasteiger partial charge in [0.2, 0.25) is 10.0 Å². The molecule has 1 unspecified atom stereocenters. The predicted octanol–water partition coefficient (Wildman–Crippen LogP) is 3.14. The number of phenols is 1. The van der Waals surface area contributed by atoms with Crippen LogP contribution >= 0.6 is 0 Å². The quantitative estimate of drug-likeness (QED) is 0.499. The maximum absolute atomic E-state index is 14.1. The molecule has 1 atom stereocenters. The minimum atomic E-state index is -5.03. The van der Waals surface area contributed by atoms with Gasteiger partial charge in [0.15, 0.2) is 23.4 Å². The van der Waals surface area contributed by atoms with E-state index in [2.05, 4.69) is 15.1 Å². The number of sulfonamides is 1. The van der Waals surface area contributed by atoms with Gasteiger partial charge in [0.05, 0.1) is 18.0 Å². The van der Waals surface area contributed by atoms with E-state index in [0.29, 0.717) is 38.0 Å². The number of aromatic hydroxyl groups is 1. The largest absolute Gasteiger partial charge is 0.505 e. The molecule has 10 nitrogen and oxygen atoms in total. The molecule has 37 heavy (non-hydrogen) atoms. The topological polar surface area (TPSA) is 114 Å². The number of phenolic OH excluding ortho intramolecular Hbond substituents is 1. The average molecular weight is 545 g/mol. The van der Waals surface area contributed by atoms with Crippen LogP contribution in [0.2, 0.25) is 0 Å². The van der Waals surface area contributed by atoms with Crippen molar-refractivity contribution in [2.75, 3.05) is 43.9 Å². The van der Waals surface area contributed by atoms with Gasteiger partial charge in [-0.3, -0.25) is 0 Å². The third-order valence-corrected chi connectivity index (χ3v) is 7.79. The van der Waals surface area contributed by atoms with Crippen LogP contribution in [0.5, 0.6) is 5.75 Å². The molecular weight excluding hydrogens is 520 g/mol. The maximum Gasteiger partial charge on any atom is 0.419 e. The predicted molar refractivity (Wildman–Crippen MR) is 125 cm³/mol. The summed E-state index contributed by atoms with van der Waals surface area (Å²) in [6, 6.07) is 1.46. The van der Waals surface area contributed by atoms with Crippen LogP contribution in [0.25, 0.3) is 22.4 Å². The van der Waals surface area contributed by atoms with E-state index < -0.39 is 39.6 Å². The molecule has 2 aliphatic rings. The number of rotatable bonds is 4. The Morgan fingerprint density at radius 3 is 2.49 bits per heavy atom. The number of aromatic nitrogens is 4. The van der Waals surface area contributed by atoms with E-state index >= 15 is 0 Å². The summed E-state index contributed by atoms with van der Waals surface area (Å²) in [4.78, 5) is 11.0. The van der Waals surface area contributed by atoms with E-state index in [4.69, 9.17) is 4.74 Å². The number of hydrogen-bond donors (Lipinski definition) is 1. The summed E-state index contributed by atoms with van der Waals surface area (Å²) < 4.78 is 86.7. The number of benzene rings is 1. The highest BCUT2D eigenvalue weighted by Gasteiger charge is 2.37. The molecule has 0 aliphatic carbocycles. The van der Waals surface area contributed by atoms with Crippen LogP contribution in [-0.2, 0) is 20.9 Å². The van der Waals surface area contributed by atoms with Crippen LogP contribution in [0.1, 0.15) is 31.1 Å². The molecule has 2 fully saturated rings. The molecule has 0 amide bonds. The molecule has 200 valence electrons. The molecular formula is C22H24F4N6O4S. The summed E-state index contributed by atoms with van der Waals surface area (Å²) in [7, 11) is -3.32. The van der Waals surface area contributed by atoms with Gasteiger partial charge < -0.3 is 14.7 Å². The van der Waals surface area contributed by atoms with Gasteiger partial charge in [0.1, 0.15) is 17.0 Å². The van der Waals surface area contributed by atoms with Gasteiger partial charge in [0, 0.05) is 38.3 Å². The molecule has 4 heterocycles. The molecule has 5 rings (SSSR count). The van der Waals surface area contributed by atoms with Crippen molar-refractivity contribution in [1.82, 2.24) is 24.1 Å². The van der Waals surface area contributed by atoms with E-state index in [-0.39, 0.29) is 35.5 Å². The van der Waals surface area contributed by atoms with Crippen molar-refractivity contribution in [2.45, 2.75) is 31.7 Å². The van der Waals surface area contributed by atoms with Crippen LogP contribution in [0.3, 0.4) is 0 Å². The second-order valence-corrected chi connectivity index (χ2v) is 11.0. The SMILES string of the molecule is CS(=O)(=O)N1CCN(c2cnc3c(-c4cc(O)c(F)c(C(F)(F)F)c4)nn(C4CCCCO4)c3n2)CC1. The van der Waals surface area contributed by atoms with E-state index in [1.54, 1.807) is 0 Å². The third-order valence-electron chi connectivity index (χ3n) is 6.48. The number of nitrogens with zero attached hydrogens (tertiary/aromatic N) is 6. The van der Waals surface area contributed by atoms with Crippen molar-refractivity contribution < 1.29 is 35.8 Å². The Morgan fingerprint density at radius 2 is 1.86 bits per heavy atom. The van der Waals surface area contributed by atoms with Gasteiger partial charge in [0.25, 0.3) is 0 Å². The highest BCUT2D eigenvalue weighted by Crippen LogP contribution is 2.40. The molecule has 2 saturated heterocycles. The first-order chi connectivity index (χ1) is 17.4. The number of piperazine rings is 1. The highest BCUT2D eigenvalue weighted by atomic mass is 32.2. The van der Waals surface area contributed by atoms with E-state index in [9.17, 15) is 31.1 Å². The fourth-order valence-electron chi connectivity index (χ4n) is 4.56. The number of halogens is 4.